The van der Waals surface area contributed by atoms with Crippen molar-refractivity contribution in [3.63, 3.8) is 0 Å². The number of unbranched alkanes of at least 4 members (excludes halogenated alkanes) is 3. The van der Waals surface area contributed by atoms with Crippen LogP contribution in [0.25, 0.3) is 0 Å². The predicted molar refractivity (Wildman–Crippen MR) is 94.2 cm³/mol. The van der Waals surface area contributed by atoms with Crippen LogP contribution in [0.1, 0.15) is 53.4 Å². The van der Waals surface area contributed by atoms with Crippen LogP contribution in [0.2, 0.25) is 6.04 Å². The first kappa shape index (κ1) is 20.4. The summed E-state index contributed by atoms with van der Waals surface area (Å²) >= 11 is 0. The van der Waals surface area contributed by atoms with Crippen LogP contribution in [-0.4, -0.2) is 33.2 Å². The summed E-state index contributed by atoms with van der Waals surface area (Å²) in [6.45, 7) is 12.1. The summed E-state index contributed by atoms with van der Waals surface area (Å²) in [6.07, 6.45) is 11.6. The minimum Gasteiger partial charge on any atom is -0.374 e. The van der Waals surface area contributed by atoms with Gasteiger partial charge in [-0.3, -0.25) is 0 Å². The molecule has 0 aliphatic rings. The molecule has 0 bridgehead atoms. The van der Waals surface area contributed by atoms with E-state index in [-0.39, 0.29) is 0 Å². The molecule has 0 saturated carbocycles. The maximum atomic E-state index is 5.91. The lowest BCUT2D eigenvalue weighted by Gasteiger charge is -2.27. The van der Waals surface area contributed by atoms with Gasteiger partial charge in [-0.2, -0.15) is 0 Å². The number of nitrogens with zero attached hydrogens (tertiary/aromatic N) is 2. The van der Waals surface area contributed by atoms with E-state index in [1.807, 2.05) is 20.8 Å². The molecule has 6 heteroatoms. The molecule has 1 heterocycles. The minimum atomic E-state index is -2.54. The Kier molecular flexibility index (Phi) is 10.4. The zero-order valence-electron chi connectivity index (χ0n) is 15.4. The van der Waals surface area contributed by atoms with Crippen molar-refractivity contribution in [2.75, 3.05) is 19.8 Å². The molecule has 0 aliphatic carbocycles. The van der Waals surface area contributed by atoms with Crippen molar-refractivity contribution in [3.05, 3.63) is 18.7 Å². The van der Waals surface area contributed by atoms with Crippen molar-refractivity contribution in [2.45, 2.75) is 72.5 Å². The molecular weight excluding hydrogens is 308 g/mol. The van der Waals surface area contributed by atoms with Crippen LogP contribution in [0.5, 0.6) is 0 Å². The van der Waals surface area contributed by atoms with E-state index in [0.717, 1.165) is 19.1 Å². The molecule has 0 aliphatic heterocycles. The number of rotatable bonds is 14. The Bertz CT molecular complexity index is 395. The molecule has 5 nitrogen and oxygen atoms in total. The third-order valence-electron chi connectivity index (χ3n) is 3.79. The molecule has 0 saturated heterocycles. The molecule has 0 radical (unpaired) electrons. The van der Waals surface area contributed by atoms with E-state index in [2.05, 4.69) is 34.8 Å². The van der Waals surface area contributed by atoms with Crippen molar-refractivity contribution < 1.29 is 17.8 Å². The number of aromatic nitrogens is 2. The largest absolute Gasteiger partial charge is 0.504 e. The van der Waals surface area contributed by atoms with Gasteiger partial charge in [0.05, 0.1) is 19.1 Å². The van der Waals surface area contributed by atoms with Gasteiger partial charge >= 0.3 is 8.80 Å². The summed E-state index contributed by atoms with van der Waals surface area (Å²) in [7, 11) is -2.54. The van der Waals surface area contributed by atoms with Gasteiger partial charge in [0.15, 0.2) is 0 Å². The van der Waals surface area contributed by atoms with Crippen LogP contribution in [0.4, 0.5) is 0 Å². The third kappa shape index (κ3) is 7.61. The zero-order valence-corrected chi connectivity index (χ0v) is 16.4. The van der Waals surface area contributed by atoms with Gasteiger partial charge in [-0.25, -0.2) is 9.13 Å². The molecule has 0 spiro atoms. The highest BCUT2D eigenvalue weighted by Gasteiger charge is 2.40. The number of aryl methyl sites for hydroxylation is 2. The molecule has 1 aromatic rings. The SMILES string of the molecule is CCCCCC[n+]1ccn(CC[Si](OCC)(OCC)OCC)c1. The second kappa shape index (κ2) is 11.8. The van der Waals surface area contributed by atoms with Gasteiger partial charge < -0.3 is 13.3 Å². The summed E-state index contributed by atoms with van der Waals surface area (Å²) < 4.78 is 22.2. The fourth-order valence-electron chi connectivity index (χ4n) is 2.69. The summed E-state index contributed by atoms with van der Waals surface area (Å²) in [5.41, 5.74) is 0. The van der Waals surface area contributed by atoms with Crippen molar-refractivity contribution in [2.24, 2.45) is 0 Å². The highest BCUT2D eigenvalue weighted by Crippen LogP contribution is 2.17. The Hall–Kier alpha value is -0.693. The number of hydrogen-bond donors (Lipinski definition) is 0. The van der Waals surface area contributed by atoms with E-state index in [1.54, 1.807) is 0 Å². The van der Waals surface area contributed by atoms with E-state index < -0.39 is 8.80 Å². The molecule has 0 unspecified atom stereocenters. The van der Waals surface area contributed by atoms with Gasteiger partial charge in [0.2, 0.25) is 6.33 Å². The molecule has 0 atom stereocenters. The van der Waals surface area contributed by atoms with Crippen molar-refractivity contribution >= 4 is 8.80 Å². The van der Waals surface area contributed by atoms with Crippen LogP contribution >= 0.6 is 0 Å². The van der Waals surface area contributed by atoms with Gasteiger partial charge in [-0.05, 0) is 33.6 Å². The molecule has 0 amide bonds. The summed E-state index contributed by atoms with van der Waals surface area (Å²) in [5.74, 6) is 0. The van der Waals surface area contributed by atoms with Crippen LogP contribution in [-0.2, 0) is 26.4 Å². The van der Waals surface area contributed by atoms with Crippen LogP contribution in [0, 0.1) is 0 Å². The van der Waals surface area contributed by atoms with E-state index >= 15 is 0 Å². The summed E-state index contributed by atoms with van der Waals surface area (Å²) in [6, 6.07) is 0.813. The third-order valence-corrected chi connectivity index (χ3v) is 6.81. The Morgan fingerprint density at radius 3 is 2.13 bits per heavy atom. The quantitative estimate of drug-likeness (QED) is 0.295. The highest BCUT2D eigenvalue weighted by molar-refractivity contribution is 6.60. The maximum Gasteiger partial charge on any atom is 0.504 e. The molecule has 1 aromatic heterocycles. The monoisotopic (exact) mass is 343 g/mol. The second-order valence-corrected chi connectivity index (χ2v) is 8.41. The second-order valence-electron chi connectivity index (χ2n) is 5.68. The van der Waals surface area contributed by atoms with Crippen LogP contribution < -0.4 is 4.57 Å². The molecular formula is C17H35N2O3Si+. The zero-order chi connectivity index (χ0) is 17.0. The molecule has 0 fully saturated rings. The first-order valence-electron chi connectivity index (χ1n) is 9.16. The molecule has 0 N–H and O–H groups in total. The first-order chi connectivity index (χ1) is 11.2. The van der Waals surface area contributed by atoms with Crippen LogP contribution in [0.3, 0.4) is 0 Å². The Labute approximate surface area is 142 Å². The van der Waals surface area contributed by atoms with Crippen LogP contribution in [0.15, 0.2) is 18.7 Å². The Morgan fingerprint density at radius 2 is 1.57 bits per heavy atom. The minimum absolute atomic E-state index is 0.634. The lowest BCUT2D eigenvalue weighted by molar-refractivity contribution is -0.696. The number of imidazole rings is 1. The fourth-order valence-corrected chi connectivity index (χ4v) is 5.23. The molecule has 23 heavy (non-hydrogen) atoms. The van der Waals surface area contributed by atoms with Crippen molar-refractivity contribution in [1.29, 1.82) is 0 Å². The topological polar surface area (TPSA) is 36.5 Å². The highest BCUT2D eigenvalue weighted by atomic mass is 28.4. The van der Waals surface area contributed by atoms with Crippen molar-refractivity contribution in [3.8, 4) is 0 Å². The van der Waals surface area contributed by atoms with Gasteiger partial charge in [0.1, 0.15) is 12.4 Å². The lowest BCUT2D eigenvalue weighted by atomic mass is 10.2. The Balaban J connectivity index is 2.51. The molecule has 0 aromatic carbocycles. The normalized spacial score (nSPS) is 12.0. The van der Waals surface area contributed by atoms with Crippen molar-refractivity contribution in [1.82, 2.24) is 4.57 Å². The van der Waals surface area contributed by atoms with Gasteiger partial charge in [-0.15, -0.1) is 0 Å². The lowest BCUT2D eigenvalue weighted by Crippen LogP contribution is -2.46. The van der Waals surface area contributed by atoms with E-state index in [1.165, 1.54) is 25.7 Å². The number of hydrogen-bond acceptors (Lipinski definition) is 3. The standard InChI is InChI=1S/C17H35N2O3Si/c1-5-9-10-11-12-18-13-14-19(17-18)15-16-23(20-6-2,21-7-3)22-8-4/h13-14,17H,5-12,15-16H2,1-4H3/q+1. The fraction of sp³-hybridized carbons (Fsp3) is 0.824. The summed E-state index contributed by atoms with van der Waals surface area (Å²) in [4.78, 5) is 0. The van der Waals surface area contributed by atoms with E-state index in [0.29, 0.717) is 19.8 Å². The predicted octanol–water partition coefficient (Wildman–Crippen LogP) is 3.40. The van der Waals surface area contributed by atoms with E-state index in [9.17, 15) is 0 Å². The Morgan fingerprint density at radius 1 is 0.913 bits per heavy atom. The van der Waals surface area contributed by atoms with Gasteiger partial charge in [-0.1, -0.05) is 19.8 Å². The summed E-state index contributed by atoms with van der Waals surface area (Å²) in [5, 5.41) is 0. The molecule has 134 valence electrons. The average Bonchev–Trinajstić information content (AvgIpc) is 2.98. The van der Waals surface area contributed by atoms with E-state index in [4.69, 9.17) is 13.3 Å². The van der Waals surface area contributed by atoms with Gasteiger partial charge in [0.25, 0.3) is 0 Å². The van der Waals surface area contributed by atoms with Gasteiger partial charge in [0, 0.05) is 19.8 Å². The average molecular weight is 344 g/mol. The maximum absolute atomic E-state index is 5.91. The smallest absolute Gasteiger partial charge is 0.374 e. The first-order valence-corrected chi connectivity index (χ1v) is 11.1. The molecule has 1 rings (SSSR count).